The Morgan fingerprint density at radius 3 is 2.75 bits per heavy atom. The van der Waals surface area contributed by atoms with E-state index in [9.17, 15) is 22.8 Å². The monoisotopic (exact) mass is 429 g/mol. The maximum atomic E-state index is 12.4. The van der Waals surface area contributed by atoms with Crippen molar-refractivity contribution in [3.8, 4) is 0 Å². The number of rotatable bonds is 7. The van der Waals surface area contributed by atoms with Crippen LogP contribution in [0.5, 0.6) is 0 Å². The number of aromatic nitrogens is 1. The van der Waals surface area contributed by atoms with Crippen molar-refractivity contribution in [3.05, 3.63) is 23.9 Å². The van der Waals surface area contributed by atoms with Crippen LogP contribution in [0, 0.1) is 0 Å². The molecule has 28 heavy (non-hydrogen) atoms. The maximum absolute atomic E-state index is 12.4. The lowest BCUT2D eigenvalue weighted by molar-refractivity contribution is -0.150. The second kappa shape index (κ2) is 8.03. The molecule has 0 aromatic carbocycles. The number of carbonyl (C=O) groups excluding carboxylic acids is 3. The molecule has 2 atom stereocenters. The fourth-order valence-corrected chi connectivity index (χ4v) is 4.83. The summed E-state index contributed by atoms with van der Waals surface area (Å²) in [6.07, 6.45) is 1.68. The van der Waals surface area contributed by atoms with Crippen LogP contribution in [-0.2, 0) is 19.9 Å². The molecule has 0 bridgehead atoms. The highest BCUT2D eigenvalue weighted by atomic mass is 32.2. The van der Waals surface area contributed by atoms with Gasteiger partial charge in [-0.1, -0.05) is 11.8 Å². The van der Waals surface area contributed by atoms with Gasteiger partial charge in [0, 0.05) is 25.8 Å². The van der Waals surface area contributed by atoms with Gasteiger partial charge in [-0.05, 0) is 18.6 Å². The van der Waals surface area contributed by atoms with Gasteiger partial charge in [0.1, 0.15) is 6.04 Å². The van der Waals surface area contributed by atoms with Crippen molar-refractivity contribution in [3.63, 3.8) is 0 Å². The second-order valence-corrected chi connectivity index (χ2v) is 8.50. The van der Waals surface area contributed by atoms with Crippen LogP contribution in [0.3, 0.4) is 0 Å². The fraction of sp³-hybridized carbons (Fsp3) is 0.467. The molecular weight excluding hydrogens is 410 g/mol. The molecule has 2 fully saturated rings. The van der Waals surface area contributed by atoms with Crippen LogP contribution in [0.2, 0.25) is 0 Å². The third kappa shape index (κ3) is 3.97. The number of pyridine rings is 1. The Kier molecular flexibility index (Phi) is 5.88. The standard InChI is InChI=1S/C15H19N5O6S2/c16-4-5-17-14(22)9-1-2-11(18-7-9)27-8-12(21)19-6-3-10-13(19)15(23)20(10)28(24,25)26/h1-2,7,10,13H,3-6,8,16H2,(H,17,22)(H,24,25,26)/t10-,13+/m1/s1. The van der Waals surface area contributed by atoms with Crippen LogP contribution in [0.15, 0.2) is 23.4 Å². The molecule has 1 aromatic rings. The zero-order chi connectivity index (χ0) is 20.5. The number of fused-ring (bicyclic) bond motifs is 1. The highest BCUT2D eigenvalue weighted by Crippen LogP contribution is 2.36. The van der Waals surface area contributed by atoms with Gasteiger partial charge in [0.15, 0.2) is 0 Å². The number of likely N-dealkylation sites (tertiary alicyclic amines) is 1. The van der Waals surface area contributed by atoms with E-state index in [0.717, 1.165) is 11.8 Å². The van der Waals surface area contributed by atoms with Crippen molar-refractivity contribution in [1.82, 2.24) is 19.5 Å². The fourth-order valence-electron chi connectivity index (χ4n) is 3.20. The molecule has 0 unspecified atom stereocenters. The zero-order valence-corrected chi connectivity index (χ0v) is 16.3. The summed E-state index contributed by atoms with van der Waals surface area (Å²) >= 11 is 1.14. The van der Waals surface area contributed by atoms with Crippen molar-refractivity contribution in [2.24, 2.45) is 5.73 Å². The van der Waals surface area contributed by atoms with Crippen LogP contribution in [0.4, 0.5) is 0 Å². The average molecular weight is 429 g/mol. The number of carbonyl (C=O) groups is 3. The second-order valence-electron chi connectivity index (χ2n) is 6.22. The summed E-state index contributed by atoms with van der Waals surface area (Å²) in [7, 11) is -4.60. The molecule has 3 heterocycles. The van der Waals surface area contributed by atoms with Gasteiger partial charge in [-0.2, -0.15) is 8.42 Å². The normalized spacial score (nSPS) is 21.3. The van der Waals surface area contributed by atoms with Gasteiger partial charge in [-0.25, -0.2) is 9.29 Å². The SMILES string of the molecule is NCCNC(=O)c1ccc(SCC(=O)N2CC[C@@H]3[C@H]2C(=O)N3S(=O)(=O)O)nc1. The molecule has 1 aromatic heterocycles. The summed E-state index contributed by atoms with van der Waals surface area (Å²) in [5.41, 5.74) is 5.70. The third-order valence-corrected chi connectivity index (χ3v) is 6.35. The zero-order valence-electron chi connectivity index (χ0n) is 14.6. The minimum absolute atomic E-state index is 0.00803. The Morgan fingerprint density at radius 2 is 2.14 bits per heavy atom. The Labute approximate surface area is 165 Å². The van der Waals surface area contributed by atoms with E-state index in [-0.39, 0.29) is 30.5 Å². The number of nitrogens with two attached hydrogens (primary N) is 1. The van der Waals surface area contributed by atoms with Gasteiger partial charge in [-0.3, -0.25) is 18.9 Å². The predicted molar refractivity (Wildman–Crippen MR) is 98.6 cm³/mol. The first-order valence-electron chi connectivity index (χ1n) is 8.41. The molecule has 2 aliphatic rings. The summed E-state index contributed by atoms with van der Waals surface area (Å²) < 4.78 is 31.9. The first kappa shape index (κ1) is 20.5. The Bertz CT molecular complexity index is 891. The van der Waals surface area contributed by atoms with E-state index in [2.05, 4.69) is 10.3 Å². The molecule has 2 saturated heterocycles. The number of nitrogens with zero attached hydrogens (tertiary/aromatic N) is 3. The number of hydrogen-bond donors (Lipinski definition) is 3. The van der Waals surface area contributed by atoms with E-state index in [1.807, 2.05) is 0 Å². The van der Waals surface area contributed by atoms with Crippen LogP contribution in [-0.4, -0.2) is 82.4 Å². The molecule has 13 heteroatoms. The first-order chi connectivity index (χ1) is 13.2. The molecule has 11 nitrogen and oxygen atoms in total. The minimum atomic E-state index is -4.60. The lowest BCUT2D eigenvalue weighted by Crippen LogP contribution is -2.68. The molecule has 3 amide bonds. The van der Waals surface area contributed by atoms with Crippen molar-refractivity contribution in [2.45, 2.75) is 23.5 Å². The van der Waals surface area contributed by atoms with E-state index < -0.39 is 28.3 Å². The quantitative estimate of drug-likeness (QED) is 0.265. The summed E-state index contributed by atoms with van der Waals surface area (Å²) in [6.45, 7) is 0.924. The van der Waals surface area contributed by atoms with Gasteiger partial charge in [0.2, 0.25) is 5.91 Å². The van der Waals surface area contributed by atoms with E-state index in [4.69, 9.17) is 10.3 Å². The lowest BCUT2D eigenvalue weighted by Gasteiger charge is -2.42. The molecule has 0 aliphatic carbocycles. The largest absolute Gasteiger partial charge is 0.362 e. The molecule has 0 radical (unpaired) electrons. The molecule has 152 valence electrons. The molecule has 2 aliphatic heterocycles. The Hall–Kier alpha value is -2.22. The number of hydrogen-bond acceptors (Lipinski definition) is 8. The number of nitrogens with one attached hydrogen (secondary N) is 1. The molecule has 0 saturated carbocycles. The summed E-state index contributed by atoms with van der Waals surface area (Å²) in [4.78, 5) is 41.6. The average Bonchev–Trinajstić information content (AvgIpc) is 3.02. The van der Waals surface area contributed by atoms with Crippen molar-refractivity contribution in [1.29, 1.82) is 0 Å². The van der Waals surface area contributed by atoms with Crippen molar-refractivity contribution in [2.75, 3.05) is 25.4 Å². The molecule has 0 spiro atoms. The van der Waals surface area contributed by atoms with Crippen molar-refractivity contribution < 1.29 is 27.4 Å². The van der Waals surface area contributed by atoms with E-state index >= 15 is 0 Å². The Morgan fingerprint density at radius 1 is 1.39 bits per heavy atom. The van der Waals surface area contributed by atoms with E-state index in [1.165, 1.54) is 11.1 Å². The topological polar surface area (TPSA) is 163 Å². The maximum Gasteiger partial charge on any atom is 0.362 e. The van der Waals surface area contributed by atoms with E-state index in [0.29, 0.717) is 28.0 Å². The van der Waals surface area contributed by atoms with Gasteiger partial charge in [0.05, 0.1) is 22.4 Å². The minimum Gasteiger partial charge on any atom is -0.351 e. The van der Waals surface area contributed by atoms with E-state index in [1.54, 1.807) is 12.1 Å². The van der Waals surface area contributed by atoms with Gasteiger partial charge in [-0.15, -0.1) is 0 Å². The summed E-state index contributed by atoms with van der Waals surface area (Å²) in [6, 6.07) is 1.63. The van der Waals surface area contributed by atoms with Gasteiger partial charge < -0.3 is 16.0 Å². The van der Waals surface area contributed by atoms with Gasteiger partial charge in [0.25, 0.3) is 11.8 Å². The highest BCUT2D eigenvalue weighted by molar-refractivity contribution is 7.99. The summed E-state index contributed by atoms with van der Waals surface area (Å²) in [5, 5.41) is 3.15. The van der Waals surface area contributed by atoms with Crippen LogP contribution < -0.4 is 11.1 Å². The summed E-state index contributed by atoms with van der Waals surface area (Å²) in [5.74, 6) is -1.41. The first-order valence-corrected chi connectivity index (χ1v) is 10.8. The predicted octanol–water partition coefficient (Wildman–Crippen LogP) is -1.52. The van der Waals surface area contributed by atoms with Crippen molar-refractivity contribution >= 4 is 39.8 Å². The molecule has 4 N–H and O–H groups in total. The lowest BCUT2D eigenvalue weighted by atomic mass is 10.0. The third-order valence-electron chi connectivity index (χ3n) is 4.48. The number of β-lactam (4-membered cyclic amide) rings is 1. The van der Waals surface area contributed by atoms with Crippen LogP contribution in [0.25, 0.3) is 0 Å². The molecule has 3 rings (SSSR count). The number of thioether (sulfide) groups is 1. The smallest absolute Gasteiger partial charge is 0.351 e. The Balaban J connectivity index is 1.54. The van der Waals surface area contributed by atoms with Crippen LogP contribution >= 0.6 is 11.8 Å². The number of amides is 3. The van der Waals surface area contributed by atoms with Crippen LogP contribution in [0.1, 0.15) is 16.8 Å². The molecular formula is C15H19N5O6S2. The van der Waals surface area contributed by atoms with Gasteiger partial charge >= 0.3 is 10.3 Å². The highest BCUT2D eigenvalue weighted by Gasteiger charge is 2.59.